The van der Waals surface area contributed by atoms with Crippen LogP contribution in [-0.2, 0) is 12.8 Å². The fourth-order valence-electron chi connectivity index (χ4n) is 2.50. The van der Waals surface area contributed by atoms with Gasteiger partial charge in [0.2, 0.25) is 0 Å². The Kier molecular flexibility index (Phi) is 4.24. The molecular formula is C13H17F3N4O. The number of fused-ring (bicyclic) bond motifs is 1. The van der Waals surface area contributed by atoms with E-state index in [0.29, 0.717) is 0 Å². The molecule has 1 aliphatic carbocycles. The van der Waals surface area contributed by atoms with E-state index in [-0.39, 0.29) is 17.2 Å². The third-order valence-electron chi connectivity index (χ3n) is 3.44. The lowest BCUT2D eigenvalue weighted by atomic mass is 9.94. The van der Waals surface area contributed by atoms with Gasteiger partial charge >= 0.3 is 6.18 Å². The van der Waals surface area contributed by atoms with E-state index in [0.717, 1.165) is 41.8 Å². The Morgan fingerprint density at radius 1 is 1.43 bits per heavy atom. The summed E-state index contributed by atoms with van der Waals surface area (Å²) in [6.07, 6.45) is -0.849. The number of pyridine rings is 1. The lowest BCUT2D eigenvalue weighted by molar-refractivity contribution is -0.119. The molecule has 0 saturated heterocycles. The third-order valence-corrected chi connectivity index (χ3v) is 3.44. The molecule has 1 aromatic heterocycles. The Hall–Kier alpha value is -1.99. The van der Waals surface area contributed by atoms with Crippen molar-refractivity contribution < 1.29 is 18.4 Å². The maximum Gasteiger partial charge on any atom is 0.405 e. The summed E-state index contributed by atoms with van der Waals surface area (Å²) >= 11 is 0. The van der Waals surface area contributed by atoms with Crippen molar-refractivity contribution in [1.82, 2.24) is 4.98 Å². The molecule has 2 rings (SSSR count). The summed E-state index contributed by atoms with van der Waals surface area (Å²) in [5, 5.41) is 11.7. The summed E-state index contributed by atoms with van der Waals surface area (Å²) in [6.45, 7) is -1.15. The molecule has 0 amide bonds. The molecule has 0 aromatic carbocycles. The van der Waals surface area contributed by atoms with Crippen LogP contribution in [0.5, 0.6) is 0 Å². The van der Waals surface area contributed by atoms with E-state index in [1.54, 1.807) is 6.07 Å². The number of hydrogen-bond acceptors (Lipinski definition) is 4. The van der Waals surface area contributed by atoms with Gasteiger partial charge in [-0.15, -0.1) is 0 Å². The molecule has 0 unspecified atom stereocenters. The van der Waals surface area contributed by atoms with E-state index >= 15 is 0 Å². The number of nitrogens with zero attached hydrogens (tertiary/aromatic N) is 3. The third kappa shape index (κ3) is 3.56. The van der Waals surface area contributed by atoms with Crippen molar-refractivity contribution in [2.45, 2.75) is 31.9 Å². The van der Waals surface area contributed by atoms with Gasteiger partial charge in [0.1, 0.15) is 12.4 Å². The topological polar surface area (TPSA) is 74.7 Å². The summed E-state index contributed by atoms with van der Waals surface area (Å²) in [5.74, 6) is -0.150. The predicted octanol–water partition coefficient (Wildman–Crippen LogP) is 2.05. The van der Waals surface area contributed by atoms with Gasteiger partial charge in [-0.25, -0.2) is 4.98 Å². The number of amidine groups is 1. The zero-order chi connectivity index (χ0) is 15.6. The van der Waals surface area contributed by atoms with Crippen LogP contribution < -0.4 is 10.6 Å². The van der Waals surface area contributed by atoms with Gasteiger partial charge in [-0.05, 0) is 37.3 Å². The first-order valence-corrected chi connectivity index (χ1v) is 6.60. The SMILES string of the molecule is CN(CC(F)(F)F)c1nc2c(cc1C(N)=NO)CCCC2. The predicted molar refractivity (Wildman–Crippen MR) is 72.7 cm³/mol. The maximum absolute atomic E-state index is 12.6. The van der Waals surface area contributed by atoms with E-state index in [4.69, 9.17) is 10.9 Å². The lowest BCUT2D eigenvalue weighted by Gasteiger charge is -2.25. The van der Waals surface area contributed by atoms with Crippen LogP contribution >= 0.6 is 0 Å². The molecule has 1 aliphatic rings. The average molecular weight is 302 g/mol. The van der Waals surface area contributed by atoms with Crippen LogP contribution in [0.15, 0.2) is 11.2 Å². The zero-order valence-corrected chi connectivity index (χ0v) is 11.6. The highest BCUT2D eigenvalue weighted by Crippen LogP contribution is 2.28. The van der Waals surface area contributed by atoms with E-state index in [9.17, 15) is 13.2 Å². The number of hydrogen-bond donors (Lipinski definition) is 2. The van der Waals surface area contributed by atoms with E-state index in [2.05, 4.69) is 10.1 Å². The minimum absolute atomic E-state index is 0.0864. The normalized spacial score (nSPS) is 15.7. The van der Waals surface area contributed by atoms with Crippen molar-refractivity contribution in [1.29, 1.82) is 0 Å². The second-order valence-corrected chi connectivity index (χ2v) is 5.13. The Bertz CT molecular complexity index is 557. The van der Waals surface area contributed by atoms with Gasteiger partial charge in [0, 0.05) is 12.7 Å². The van der Waals surface area contributed by atoms with Crippen LogP contribution in [0.1, 0.15) is 29.7 Å². The second-order valence-electron chi connectivity index (χ2n) is 5.13. The van der Waals surface area contributed by atoms with E-state index in [1.165, 1.54) is 7.05 Å². The first-order valence-electron chi connectivity index (χ1n) is 6.60. The van der Waals surface area contributed by atoms with Gasteiger partial charge in [0.15, 0.2) is 5.84 Å². The van der Waals surface area contributed by atoms with Crippen molar-refractivity contribution in [3.8, 4) is 0 Å². The number of anilines is 1. The fourth-order valence-corrected chi connectivity index (χ4v) is 2.50. The number of aryl methyl sites for hydroxylation is 2. The van der Waals surface area contributed by atoms with Gasteiger partial charge in [0.05, 0.1) is 5.56 Å². The number of aromatic nitrogens is 1. The molecule has 0 saturated carbocycles. The molecule has 116 valence electrons. The Morgan fingerprint density at radius 2 is 2.10 bits per heavy atom. The molecule has 0 aliphatic heterocycles. The van der Waals surface area contributed by atoms with Gasteiger partial charge < -0.3 is 15.8 Å². The molecule has 0 fully saturated rings. The van der Waals surface area contributed by atoms with Gasteiger partial charge in [0.25, 0.3) is 0 Å². The summed E-state index contributed by atoms with van der Waals surface area (Å²) in [6, 6.07) is 1.68. The largest absolute Gasteiger partial charge is 0.409 e. The lowest BCUT2D eigenvalue weighted by Crippen LogP contribution is -2.34. The quantitative estimate of drug-likeness (QED) is 0.388. The summed E-state index contributed by atoms with van der Waals surface area (Å²) in [5.41, 5.74) is 7.55. The second kappa shape index (κ2) is 5.79. The molecule has 1 heterocycles. The van der Waals surface area contributed by atoms with Gasteiger partial charge in [-0.1, -0.05) is 5.16 Å². The summed E-state index contributed by atoms with van der Waals surface area (Å²) < 4.78 is 37.7. The Morgan fingerprint density at radius 3 is 2.71 bits per heavy atom. The molecule has 0 radical (unpaired) electrons. The smallest absolute Gasteiger partial charge is 0.405 e. The van der Waals surface area contributed by atoms with Crippen LogP contribution in [-0.4, -0.2) is 35.8 Å². The number of alkyl halides is 3. The zero-order valence-electron chi connectivity index (χ0n) is 11.6. The first-order chi connectivity index (χ1) is 9.81. The van der Waals surface area contributed by atoms with E-state index in [1.807, 2.05) is 0 Å². The van der Waals surface area contributed by atoms with Gasteiger partial charge in [-0.2, -0.15) is 13.2 Å². The minimum atomic E-state index is -4.35. The molecule has 1 aromatic rings. The molecule has 21 heavy (non-hydrogen) atoms. The number of halogens is 3. The van der Waals surface area contributed by atoms with Crippen molar-refractivity contribution in [2.24, 2.45) is 10.9 Å². The molecule has 0 atom stereocenters. The highest BCUT2D eigenvalue weighted by molar-refractivity contribution is 6.01. The average Bonchev–Trinajstić information content (AvgIpc) is 2.43. The van der Waals surface area contributed by atoms with Crippen LogP contribution in [0.4, 0.5) is 19.0 Å². The van der Waals surface area contributed by atoms with Crippen molar-refractivity contribution >= 4 is 11.7 Å². The van der Waals surface area contributed by atoms with Crippen molar-refractivity contribution in [2.75, 3.05) is 18.5 Å². The van der Waals surface area contributed by atoms with Crippen LogP contribution in [0.3, 0.4) is 0 Å². The standard InChI is InChI=1S/C13H17F3N4O/c1-20(7-13(14,15)16)12-9(11(17)19-21)6-8-4-2-3-5-10(8)18-12/h6,21H,2-5,7H2,1H3,(H2,17,19). The maximum atomic E-state index is 12.6. The van der Waals surface area contributed by atoms with Crippen LogP contribution in [0, 0.1) is 0 Å². The van der Waals surface area contributed by atoms with Crippen LogP contribution in [0.25, 0.3) is 0 Å². The van der Waals surface area contributed by atoms with Gasteiger partial charge in [-0.3, -0.25) is 0 Å². The molecule has 3 N–H and O–H groups in total. The van der Waals surface area contributed by atoms with E-state index < -0.39 is 12.7 Å². The highest BCUT2D eigenvalue weighted by Gasteiger charge is 2.31. The molecule has 5 nitrogen and oxygen atoms in total. The molecule has 8 heteroatoms. The Balaban J connectivity index is 2.46. The monoisotopic (exact) mass is 302 g/mol. The van der Waals surface area contributed by atoms with Crippen LogP contribution in [0.2, 0.25) is 0 Å². The minimum Gasteiger partial charge on any atom is -0.409 e. The number of rotatable bonds is 3. The van der Waals surface area contributed by atoms with Crippen molar-refractivity contribution in [3.05, 3.63) is 22.9 Å². The first kappa shape index (κ1) is 15.4. The molecule has 0 bridgehead atoms. The summed E-state index contributed by atoms with van der Waals surface area (Å²) in [7, 11) is 1.29. The Labute approximate surface area is 120 Å². The summed E-state index contributed by atoms with van der Waals surface area (Å²) in [4.78, 5) is 5.29. The fraction of sp³-hybridized carbons (Fsp3) is 0.538. The molecular weight excluding hydrogens is 285 g/mol. The molecule has 0 spiro atoms. The number of oxime groups is 1. The van der Waals surface area contributed by atoms with Crippen molar-refractivity contribution in [3.63, 3.8) is 0 Å². The highest BCUT2D eigenvalue weighted by atomic mass is 19.4. The number of nitrogens with two attached hydrogens (primary N) is 1.